The molecule has 9 heteroatoms. The number of hydrogen-bond acceptors (Lipinski definition) is 6. The van der Waals surface area contributed by atoms with E-state index in [1.807, 2.05) is 44.2 Å². The van der Waals surface area contributed by atoms with Crippen LogP contribution >= 0.6 is 0 Å². The third-order valence-electron chi connectivity index (χ3n) is 5.69. The Kier molecular flexibility index (Phi) is 9.37. The Morgan fingerprint density at radius 3 is 2.51 bits per heavy atom. The summed E-state index contributed by atoms with van der Waals surface area (Å²) in [4.78, 5) is 51.2. The summed E-state index contributed by atoms with van der Waals surface area (Å²) in [5.74, 6) is -1.29. The number of ether oxygens (including phenoxy) is 1. The van der Waals surface area contributed by atoms with Crippen LogP contribution < -0.4 is 16.0 Å². The zero-order valence-electron chi connectivity index (χ0n) is 20.1. The Morgan fingerprint density at radius 1 is 1.11 bits per heavy atom. The molecular weight excluding hydrogens is 448 g/mol. The molecule has 0 aliphatic carbocycles. The Bertz CT molecular complexity index is 1030. The molecule has 3 amide bonds. The first-order valence-electron chi connectivity index (χ1n) is 11.8. The number of esters is 1. The average Bonchev–Trinajstić information content (AvgIpc) is 2.85. The zero-order valence-corrected chi connectivity index (χ0v) is 20.1. The number of rotatable bonds is 10. The number of nitrogens with zero attached hydrogens (tertiary/aromatic N) is 1. The number of benzene rings is 2. The minimum atomic E-state index is -0.753. The van der Waals surface area contributed by atoms with Crippen molar-refractivity contribution in [3.8, 4) is 0 Å². The van der Waals surface area contributed by atoms with E-state index in [0.717, 1.165) is 5.56 Å². The molecule has 0 aromatic heterocycles. The average molecular weight is 481 g/mol. The fraction of sp³-hybridized carbons (Fsp3) is 0.385. The van der Waals surface area contributed by atoms with Crippen molar-refractivity contribution in [1.82, 2.24) is 15.5 Å². The zero-order chi connectivity index (χ0) is 25.2. The van der Waals surface area contributed by atoms with Gasteiger partial charge in [-0.15, -0.1) is 0 Å². The Balaban J connectivity index is 1.54. The van der Waals surface area contributed by atoms with E-state index in [-0.39, 0.29) is 36.7 Å². The number of carbonyl (C=O) groups excluding carboxylic acids is 4. The Hall–Kier alpha value is -3.72. The molecule has 2 aromatic carbocycles. The summed E-state index contributed by atoms with van der Waals surface area (Å²) in [6.45, 7) is 4.91. The second-order valence-corrected chi connectivity index (χ2v) is 8.43. The minimum Gasteiger partial charge on any atom is -0.466 e. The molecule has 1 fully saturated rings. The molecule has 2 atom stereocenters. The summed E-state index contributed by atoms with van der Waals surface area (Å²) in [6.07, 6.45) is 0.589. The van der Waals surface area contributed by atoms with Gasteiger partial charge in [-0.2, -0.15) is 0 Å². The first-order chi connectivity index (χ1) is 16.9. The van der Waals surface area contributed by atoms with E-state index in [2.05, 4.69) is 16.0 Å². The van der Waals surface area contributed by atoms with Gasteiger partial charge in [0.2, 0.25) is 11.8 Å². The van der Waals surface area contributed by atoms with Crippen molar-refractivity contribution < 1.29 is 23.9 Å². The fourth-order valence-electron chi connectivity index (χ4n) is 3.80. The molecule has 9 nitrogen and oxygen atoms in total. The lowest BCUT2D eigenvalue weighted by molar-refractivity contribution is -0.148. The van der Waals surface area contributed by atoms with Crippen molar-refractivity contribution in [2.24, 2.45) is 0 Å². The molecule has 1 heterocycles. The maximum absolute atomic E-state index is 12.6. The van der Waals surface area contributed by atoms with E-state index in [0.29, 0.717) is 37.4 Å². The first kappa shape index (κ1) is 25.9. The molecule has 0 bridgehead atoms. The van der Waals surface area contributed by atoms with E-state index < -0.39 is 12.0 Å². The van der Waals surface area contributed by atoms with E-state index >= 15 is 0 Å². The predicted octanol–water partition coefficient (Wildman–Crippen LogP) is 2.26. The van der Waals surface area contributed by atoms with Crippen LogP contribution in [0.1, 0.15) is 48.7 Å². The van der Waals surface area contributed by atoms with Gasteiger partial charge in [-0.25, -0.2) is 0 Å². The number of carbonyl (C=O) groups is 4. The second kappa shape index (κ2) is 12.7. The summed E-state index contributed by atoms with van der Waals surface area (Å²) >= 11 is 0. The molecule has 2 unspecified atom stereocenters. The molecule has 0 radical (unpaired) electrons. The van der Waals surface area contributed by atoms with Gasteiger partial charge in [-0.1, -0.05) is 37.3 Å². The quantitative estimate of drug-likeness (QED) is 0.449. The maximum atomic E-state index is 12.6. The molecule has 1 saturated heterocycles. The smallest absolute Gasteiger partial charge is 0.307 e. The lowest BCUT2D eigenvalue weighted by Crippen LogP contribution is -2.57. The molecule has 3 rings (SSSR count). The van der Waals surface area contributed by atoms with Crippen LogP contribution in [0.15, 0.2) is 54.6 Å². The fourth-order valence-corrected chi connectivity index (χ4v) is 3.80. The number of piperazine rings is 1. The number of anilines is 1. The van der Waals surface area contributed by atoms with Crippen LogP contribution in [0.2, 0.25) is 0 Å². The SMILES string of the molecule is CCCOC(=O)CC1C(=O)NCCN1CC(=O)Nc1ccc(C(=O)NC(C)c2ccccc2)cc1. The van der Waals surface area contributed by atoms with Gasteiger partial charge < -0.3 is 20.7 Å². The molecular formula is C26H32N4O5. The highest BCUT2D eigenvalue weighted by atomic mass is 16.5. The molecule has 0 spiro atoms. The largest absolute Gasteiger partial charge is 0.466 e. The van der Waals surface area contributed by atoms with Crippen LogP contribution in [0.4, 0.5) is 5.69 Å². The van der Waals surface area contributed by atoms with Crippen molar-refractivity contribution in [2.75, 3.05) is 31.6 Å². The van der Waals surface area contributed by atoms with Crippen LogP contribution in [0.3, 0.4) is 0 Å². The Labute approximate surface area is 205 Å². The number of hydrogen-bond donors (Lipinski definition) is 3. The summed E-state index contributed by atoms with van der Waals surface area (Å²) in [5, 5.41) is 8.47. The van der Waals surface area contributed by atoms with Crippen molar-refractivity contribution in [3.63, 3.8) is 0 Å². The second-order valence-electron chi connectivity index (χ2n) is 8.43. The first-order valence-corrected chi connectivity index (χ1v) is 11.8. The van der Waals surface area contributed by atoms with Crippen molar-refractivity contribution in [1.29, 1.82) is 0 Å². The lowest BCUT2D eigenvalue weighted by atomic mass is 10.1. The summed E-state index contributed by atoms with van der Waals surface area (Å²) in [7, 11) is 0. The molecule has 0 saturated carbocycles. The molecule has 1 aliphatic heterocycles. The predicted molar refractivity (Wildman–Crippen MR) is 132 cm³/mol. The van der Waals surface area contributed by atoms with Crippen LogP contribution in [-0.4, -0.2) is 60.9 Å². The topological polar surface area (TPSA) is 117 Å². The van der Waals surface area contributed by atoms with Crippen molar-refractivity contribution in [2.45, 2.75) is 38.8 Å². The monoisotopic (exact) mass is 480 g/mol. The van der Waals surface area contributed by atoms with Crippen LogP contribution in [0, 0.1) is 0 Å². The standard InChI is InChI=1S/C26H32N4O5/c1-3-15-35-24(32)16-22-26(34)27-13-14-30(22)17-23(31)29-21-11-9-20(10-12-21)25(33)28-18(2)19-7-5-4-6-8-19/h4-12,18,22H,3,13-17H2,1-2H3,(H,27,34)(H,28,33)(H,29,31). The van der Waals surface area contributed by atoms with Gasteiger partial charge >= 0.3 is 5.97 Å². The molecule has 3 N–H and O–H groups in total. The van der Waals surface area contributed by atoms with Crippen LogP contribution in [-0.2, 0) is 19.1 Å². The highest BCUT2D eigenvalue weighted by Gasteiger charge is 2.33. The van der Waals surface area contributed by atoms with Crippen LogP contribution in [0.25, 0.3) is 0 Å². The summed E-state index contributed by atoms with van der Waals surface area (Å²) in [6, 6.07) is 15.4. The molecule has 35 heavy (non-hydrogen) atoms. The van der Waals surface area contributed by atoms with Gasteiger partial charge in [0, 0.05) is 24.3 Å². The van der Waals surface area contributed by atoms with E-state index in [9.17, 15) is 19.2 Å². The Morgan fingerprint density at radius 2 is 1.83 bits per heavy atom. The minimum absolute atomic E-state index is 0.0457. The van der Waals surface area contributed by atoms with Crippen LogP contribution in [0.5, 0.6) is 0 Å². The third-order valence-corrected chi connectivity index (χ3v) is 5.69. The maximum Gasteiger partial charge on any atom is 0.307 e. The van der Waals surface area contributed by atoms with Crippen molar-refractivity contribution >= 4 is 29.4 Å². The lowest BCUT2D eigenvalue weighted by Gasteiger charge is -2.33. The molecule has 1 aliphatic rings. The van der Waals surface area contributed by atoms with Gasteiger partial charge in [-0.3, -0.25) is 24.1 Å². The van der Waals surface area contributed by atoms with Gasteiger partial charge in [-0.05, 0) is 43.2 Å². The van der Waals surface area contributed by atoms with Gasteiger partial charge in [0.25, 0.3) is 5.91 Å². The highest BCUT2D eigenvalue weighted by Crippen LogP contribution is 2.15. The third kappa shape index (κ3) is 7.65. The summed E-state index contributed by atoms with van der Waals surface area (Å²) < 4.78 is 5.09. The summed E-state index contributed by atoms with van der Waals surface area (Å²) in [5.41, 5.74) is 2.01. The van der Waals surface area contributed by atoms with Gasteiger partial charge in [0.15, 0.2) is 0 Å². The van der Waals surface area contributed by atoms with Gasteiger partial charge in [0.1, 0.15) is 6.04 Å². The number of amides is 3. The van der Waals surface area contributed by atoms with Gasteiger partial charge in [0.05, 0.1) is 25.6 Å². The molecule has 186 valence electrons. The number of nitrogens with one attached hydrogen (secondary N) is 3. The normalized spacial score (nSPS) is 16.6. The van der Waals surface area contributed by atoms with E-state index in [1.165, 1.54) is 0 Å². The highest BCUT2D eigenvalue weighted by molar-refractivity contribution is 5.96. The van der Waals surface area contributed by atoms with Crippen molar-refractivity contribution in [3.05, 3.63) is 65.7 Å². The molecule has 2 aromatic rings. The van der Waals surface area contributed by atoms with E-state index in [1.54, 1.807) is 29.2 Å². The van der Waals surface area contributed by atoms with E-state index in [4.69, 9.17) is 4.74 Å².